The molecule has 314 valence electrons. The van der Waals surface area contributed by atoms with Crippen LogP contribution in [0.2, 0.25) is 0 Å². The highest BCUT2D eigenvalue weighted by atomic mass is 32.2. The van der Waals surface area contributed by atoms with Crippen molar-refractivity contribution in [2.24, 2.45) is 11.8 Å². The third kappa shape index (κ3) is 13.0. The van der Waals surface area contributed by atoms with Crippen molar-refractivity contribution in [3.05, 3.63) is 78.1 Å². The number of aromatic nitrogens is 1. The second kappa shape index (κ2) is 20.1. The Kier molecular flexibility index (Phi) is 15.3. The van der Waals surface area contributed by atoms with E-state index in [1.807, 2.05) is 39.8 Å². The number of amides is 3. The molecule has 1 N–H and O–H groups in total. The van der Waals surface area contributed by atoms with Gasteiger partial charge < -0.3 is 29.3 Å². The predicted molar refractivity (Wildman–Crippen MR) is 216 cm³/mol. The molecule has 14 nitrogen and oxygen atoms in total. The number of rotatable bonds is 15. The zero-order valence-electron chi connectivity index (χ0n) is 34.1. The lowest BCUT2D eigenvalue weighted by molar-refractivity contribution is -0.141. The minimum absolute atomic E-state index is 0.0129. The summed E-state index contributed by atoms with van der Waals surface area (Å²) in [5.41, 5.74) is 2.44. The molecule has 1 aromatic heterocycles. The third-order valence-corrected chi connectivity index (χ3v) is 11.6. The number of carbonyl (C=O) groups excluding carboxylic acids is 4. The van der Waals surface area contributed by atoms with E-state index in [2.05, 4.69) is 10.3 Å². The molecule has 3 amide bonds. The molecule has 0 aliphatic carbocycles. The number of hydrogen-bond acceptors (Lipinski definition) is 11. The van der Waals surface area contributed by atoms with Crippen molar-refractivity contribution in [3.8, 4) is 16.9 Å². The zero-order chi connectivity index (χ0) is 41.9. The molecule has 2 unspecified atom stereocenters. The van der Waals surface area contributed by atoms with Gasteiger partial charge in [0.25, 0.3) is 10.1 Å². The first-order valence-corrected chi connectivity index (χ1v) is 21.3. The molecule has 2 saturated heterocycles. The third-order valence-electron chi connectivity index (χ3n) is 10.3. The number of esters is 1. The molecular weight excluding hydrogens is 765 g/mol. The summed E-state index contributed by atoms with van der Waals surface area (Å²) in [5.74, 6) is -0.376. The average Bonchev–Trinajstić information content (AvgIpc) is 3.21. The Bertz CT molecular complexity index is 1990. The van der Waals surface area contributed by atoms with Crippen LogP contribution in [0.4, 0.5) is 4.79 Å². The highest BCUT2D eigenvalue weighted by Gasteiger charge is 2.32. The predicted octanol–water partition coefficient (Wildman–Crippen LogP) is 6.23. The SMILES string of the molecule is COC(=O)CC(NC(=O)C1CCCN(C(=O)CCC2CCN(C(=O)OC(C)(C)C)CC2)C1)c1cncc(-c2cccc(OCCOS(=O)(=O)c3ccc(C)cc3)c2)c1. The van der Waals surface area contributed by atoms with Crippen LogP contribution in [-0.4, -0.2) is 99.2 Å². The molecule has 2 aliphatic rings. The molecule has 0 spiro atoms. The van der Waals surface area contributed by atoms with Gasteiger partial charge in [-0.25, -0.2) is 4.79 Å². The van der Waals surface area contributed by atoms with Crippen LogP contribution in [0.1, 0.15) is 82.9 Å². The van der Waals surface area contributed by atoms with Gasteiger partial charge >= 0.3 is 12.1 Å². The second-order valence-electron chi connectivity index (χ2n) is 15.9. The monoisotopic (exact) mass is 820 g/mol. The van der Waals surface area contributed by atoms with Crippen molar-refractivity contribution in [1.29, 1.82) is 0 Å². The van der Waals surface area contributed by atoms with Gasteiger partial charge in [0.1, 0.15) is 24.6 Å². The number of benzene rings is 2. The van der Waals surface area contributed by atoms with E-state index >= 15 is 0 Å². The van der Waals surface area contributed by atoms with Crippen LogP contribution < -0.4 is 10.1 Å². The summed E-state index contributed by atoms with van der Waals surface area (Å²) in [4.78, 5) is 60.1. The van der Waals surface area contributed by atoms with Gasteiger partial charge in [-0.05, 0) is 107 Å². The van der Waals surface area contributed by atoms with E-state index in [4.69, 9.17) is 18.4 Å². The smallest absolute Gasteiger partial charge is 0.410 e. The van der Waals surface area contributed by atoms with Crippen molar-refractivity contribution in [2.75, 3.05) is 46.5 Å². The van der Waals surface area contributed by atoms with Crippen molar-refractivity contribution in [1.82, 2.24) is 20.1 Å². The van der Waals surface area contributed by atoms with Crippen LogP contribution in [0.25, 0.3) is 11.1 Å². The first-order chi connectivity index (χ1) is 27.6. The maximum Gasteiger partial charge on any atom is 0.410 e. The Labute approximate surface area is 341 Å². The lowest BCUT2D eigenvalue weighted by Gasteiger charge is -2.35. The standard InChI is InChI=1S/C43H56N4O10S/c1-30-11-14-37(15-12-30)58(52,53)56-23-22-55-36-10-6-8-32(25-36)34-24-35(28-44-27-34)38(26-40(49)54-5)45-41(50)33-9-7-19-47(29-33)39(48)16-13-31-17-20-46(21-18-31)42(51)57-43(2,3)4/h6,8,10-12,14-15,24-25,27-28,31,33,38H,7,9,13,16-23,26,29H2,1-5H3,(H,45,50). The maximum absolute atomic E-state index is 13.7. The Morgan fingerprint density at radius 3 is 2.36 bits per heavy atom. The molecule has 58 heavy (non-hydrogen) atoms. The van der Waals surface area contributed by atoms with Gasteiger partial charge in [-0.15, -0.1) is 0 Å². The van der Waals surface area contributed by atoms with Crippen LogP contribution in [0, 0.1) is 18.8 Å². The molecule has 3 aromatic rings. The fraction of sp³-hybridized carbons (Fsp3) is 0.512. The minimum atomic E-state index is -3.92. The Hall–Kier alpha value is -5.02. The molecule has 15 heteroatoms. The summed E-state index contributed by atoms with van der Waals surface area (Å²) < 4.78 is 46.5. The number of ether oxygens (including phenoxy) is 3. The minimum Gasteiger partial charge on any atom is -0.491 e. The van der Waals surface area contributed by atoms with Gasteiger partial charge in [0.2, 0.25) is 11.8 Å². The van der Waals surface area contributed by atoms with Gasteiger partial charge in [0.05, 0.1) is 30.4 Å². The number of nitrogens with one attached hydrogen (secondary N) is 1. The highest BCUT2D eigenvalue weighted by Crippen LogP contribution is 2.29. The molecule has 2 atom stereocenters. The quantitative estimate of drug-likeness (QED) is 0.105. The number of hydrogen-bond donors (Lipinski definition) is 1. The Morgan fingerprint density at radius 1 is 0.914 bits per heavy atom. The average molecular weight is 821 g/mol. The van der Waals surface area contributed by atoms with Crippen LogP contribution in [0.3, 0.4) is 0 Å². The van der Waals surface area contributed by atoms with Crippen molar-refractivity contribution < 1.29 is 46.0 Å². The Balaban J connectivity index is 1.15. The largest absolute Gasteiger partial charge is 0.491 e. The van der Waals surface area contributed by atoms with Crippen LogP contribution in [-0.2, 0) is 38.2 Å². The molecular formula is C43H56N4O10S. The molecule has 0 saturated carbocycles. The lowest BCUT2D eigenvalue weighted by atomic mass is 9.91. The van der Waals surface area contributed by atoms with Gasteiger partial charge in [-0.2, -0.15) is 8.42 Å². The number of carbonyl (C=O) groups is 4. The first kappa shape index (κ1) is 44.1. The maximum atomic E-state index is 13.7. The summed E-state index contributed by atoms with van der Waals surface area (Å²) in [6.07, 6.45) is 6.85. The van der Waals surface area contributed by atoms with E-state index in [1.165, 1.54) is 19.2 Å². The van der Waals surface area contributed by atoms with E-state index in [1.54, 1.807) is 52.5 Å². The van der Waals surface area contributed by atoms with Gasteiger partial charge in [0.15, 0.2) is 0 Å². The lowest BCUT2D eigenvalue weighted by Crippen LogP contribution is -2.46. The second-order valence-corrected chi connectivity index (χ2v) is 17.6. The molecule has 3 heterocycles. The van der Waals surface area contributed by atoms with Crippen LogP contribution >= 0.6 is 0 Å². The van der Waals surface area contributed by atoms with Gasteiger partial charge in [-0.1, -0.05) is 29.8 Å². The van der Waals surface area contributed by atoms with Crippen molar-refractivity contribution in [2.45, 2.75) is 89.2 Å². The van der Waals surface area contributed by atoms with E-state index in [0.29, 0.717) is 68.2 Å². The number of piperidine rings is 2. The summed E-state index contributed by atoms with van der Waals surface area (Å²) in [6.45, 7) is 9.31. The molecule has 2 aromatic carbocycles. The zero-order valence-corrected chi connectivity index (χ0v) is 34.9. The molecule has 2 aliphatic heterocycles. The summed E-state index contributed by atoms with van der Waals surface area (Å²) in [6, 6.07) is 14.7. The summed E-state index contributed by atoms with van der Waals surface area (Å²) >= 11 is 0. The molecule has 5 rings (SSSR count). The van der Waals surface area contributed by atoms with E-state index < -0.39 is 33.6 Å². The number of pyridine rings is 1. The number of aryl methyl sites for hydroxylation is 1. The molecule has 0 bridgehead atoms. The summed E-state index contributed by atoms with van der Waals surface area (Å²) in [7, 11) is -2.63. The van der Waals surface area contributed by atoms with Crippen LogP contribution in [0.5, 0.6) is 5.75 Å². The first-order valence-electron chi connectivity index (χ1n) is 19.9. The number of nitrogens with zero attached hydrogens (tertiary/aromatic N) is 3. The fourth-order valence-corrected chi connectivity index (χ4v) is 7.97. The normalized spacial score (nSPS) is 16.9. The van der Waals surface area contributed by atoms with Gasteiger partial charge in [0, 0.05) is 50.6 Å². The van der Waals surface area contributed by atoms with Crippen LogP contribution in [0.15, 0.2) is 71.9 Å². The van der Waals surface area contributed by atoms with E-state index in [0.717, 1.165) is 30.4 Å². The Morgan fingerprint density at radius 2 is 1.66 bits per heavy atom. The van der Waals surface area contributed by atoms with E-state index in [9.17, 15) is 27.6 Å². The van der Waals surface area contributed by atoms with Crippen molar-refractivity contribution in [3.63, 3.8) is 0 Å². The van der Waals surface area contributed by atoms with Gasteiger partial charge in [-0.3, -0.25) is 23.6 Å². The highest BCUT2D eigenvalue weighted by molar-refractivity contribution is 7.86. The fourth-order valence-electron chi connectivity index (χ4n) is 7.07. The topological polar surface area (TPSA) is 171 Å². The summed E-state index contributed by atoms with van der Waals surface area (Å²) in [5, 5.41) is 3.04. The van der Waals surface area contributed by atoms with E-state index in [-0.39, 0.29) is 42.4 Å². The van der Waals surface area contributed by atoms with Crippen molar-refractivity contribution >= 4 is 34.0 Å². The molecule has 0 radical (unpaired) electrons. The number of methoxy groups -OCH3 is 1. The molecule has 2 fully saturated rings. The number of likely N-dealkylation sites (tertiary alicyclic amines) is 2.